The van der Waals surface area contributed by atoms with E-state index in [2.05, 4.69) is 24.6 Å². The predicted octanol–water partition coefficient (Wildman–Crippen LogP) is 0.388. The lowest BCUT2D eigenvalue weighted by Crippen LogP contribution is -2.15. The van der Waals surface area contributed by atoms with Gasteiger partial charge in [0.2, 0.25) is 0 Å². The Morgan fingerprint density at radius 1 is 1.24 bits per heavy atom. The summed E-state index contributed by atoms with van der Waals surface area (Å²) in [4.78, 5) is 14.9. The van der Waals surface area contributed by atoms with Gasteiger partial charge in [0.15, 0.2) is 0 Å². The standard InChI is InChI=1S/C12H12N4O4S/c1-20-11(17)8-9-2-4-10(5-3-9)21(18,19)16-12-13-6-7-14-15-12/h2-7H,8H2,1H3,(H,13,15,16). The smallest absolute Gasteiger partial charge is 0.309 e. The van der Waals surface area contributed by atoms with Gasteiger partial charge in [-0.1, -0.05) is 12.1 Å². The minimum atomic E-state index is -3.80. The number of nitrogens with one attached hydrogen (secondary N) is 1. The summed E-state index contributed by atoms with van der Waals surface area (Å²) in [5.41, 5.74) is 0.651. The van der Waals surface area contributed by atoms with E-state index in [1.54, 1.807) is 0 Å². The zero-order chi connectivity index (χ0) is 15.3. The number of ether oxygens (including phenoxy) is 1. The van der Waals surface area contributed by atoms with Crippen LogP contribution in [-0.2, 0) is 26.0 Å². The number of rotatable bonds is 5. The molecule has 0 unspecified atom stereocenters. The summed E-state index contributed by atoms with van der Waals surface area (Å²) >= 11 is 0. The van der Waals surface area contributed by atoms with Gasteiger partial charge in [0.1, 0.15) is 0 Å². The normalized spacial score (nSPS) is 10.9. The van der Waals surface area contributed by atoms with Crippen LogP contribution < -0.4 is 4.72 Å². The van der Waals surface area contributed by atoms with E-state index in [4.69, 9.17) is 0 Å². The van der Waals surface area contributed by atoms with Crippen LogP contribution in [0.15, 0.2) is 41.6 Å². The van der Waals surface area contributed by atoms with Gasteiger partial charge >= 0.3 is 5.97 Å². The molecule has 1 N–H and O–H groups in total. The molecule has 1 aromatic heterocycles. The first-order valence-corrected chi connectivity index (χ1v) is 7.32. The number of hydrogen-bond acceptors (Lipinski definition) is 7. The Hall–Kier alpha value is -2.55. The van der Waals surface area contributed by atoms with Crippen molar-refractivity contribution in [3.05, 3.63) is 42.2 Å². The van der Waals surface area contributed by atoms with E-state index in [0.717, 1.165) is 0 Å². The fraction of sp³-hybridized carbons (Fsp3) is 0.167. The summed E-state index contributed by atoms with van der Waals surface area (Å²) in [7, 11) is -2.50. The topological polar surface area (TPSA) is 111 Å². The lowest BCUT2D eigenvalue weighted by molar-refractivity contribution is -0.139. The van der Waals surface area contributed by atoms with Crippen LogP contribution in [0, 0.1) is 0 Å². The molecule has 2 rings (SSSR count). The Morgan fingerprint density at radius 3 is 2.52 bits per heavy atom. The molecule has 9 heteroatoms. The number of methoxy groups -OCH3 is 1. The van der Waals surface area contributed by atoms with E-state index in [1.807, 2.05) is 0 Å². The van der Waals surface area contributed by atoms with Crippen LogP contribution in [-0.4, -0.2) is 36.7 Å². The fourth-order valence-corrected chi connectivity index (χ4v) is 2.44. The second-order valence-corrected chi connectivity index (χ2v) is 5.65. The van der Waals surface area contributed by atoms with E-state index >= 15 is 0 Å². The number of anilines is 1. The van der Waals surface area contributed by atoms with Crippen molar-refractivity contribution in [3.8, 4) is 0 Å². The quantitative estimate of drug-likeness (QED) is 0.795. The average molecular weight is 308 g/mol. The van der Waals surface area contributed by atoms with Crippen molar-refractivity contribution in [3.63, 3.8) is 0 Å². The highest BCUT2D eigenvalue weighted by molar-refractivity contribution is 7.92. The van der Waals surface area contributed by atoms with Gasteiger partial charge in [0.25, 0.3) is 16.0 Å². The largest absolute Gasteiger partial charge is 0.469 e. The molecule has 0 amide bonds. The third-order valence-electron chi connectivity index (χ3n) is 2.52. The van der Waals surface area contributed by atoms with Gasteiger partial charge in [-0.2, -0.15) is 5.10 Å². The Balaban J connectivity index is 2.15. The van der Waals surface area contributed by atoms with Gasteiger partial charge in [-0.25, -0.2) is 18.1 Å². The lowest BCUT2D eigenvalue weighted by Gasteiger charge is -2.06. The van der Waals surface area contributed by atoms with E-state index < -0.39 is 16.0 Å². The molecule has 8 nitrogen and oxygen atoms in total. The number of benzene rings is 1. The van der Waals surface area contributed by atoms with Crippen LogP contribution in [0.2, 0.25) is 0 Å². The molecule has 2 aromatic rings. The molecule has 0 radical (unpaired) electrons. The Labute approximate surface area is 121 Å². The molecule has 0 saturated heterocycles. The molecule has 0 bridgehead atoms. The maximum Gasteiger partial charge on any atom is 0.309 e. The van der Waals surface area contributed by atoms with Gasteiger partial charge in [-0.05, 0) is 17.7 Å². The molecule has 0 aliphatic carbocycles. The predicted molar refractivity (Wildman–Crippen MR) is 72.8 cm³/mol. The Kier molecular flexibility index (Phi) is 4.43. The minimum Gasteiger partial charge on any atom is -0.469 e. The van der Waals surface area contributed by atoms with E-state index in [1.165, 1.54) is 43.8 Å². The maximum absolute atomic E-state index is 12.1. The Bertz CT molecular complexity index is 717. The third-order valence-corrected chi connectivity index (χ3v) is 3.86. The van der Waals surface area contributed by atoms with Crippen LogP contribution in [0.25, 0.3) is 0 Å². The number of esters is 1. The zero-order valence-electron chi connectivity index (χ0n) is 11.1. The maximum atomic E-state index is 12.1. The molecule has 1 aromatic carbocycles. The zero-order valence-corrected chi connectivity index (χ0v) is 11.9. The third kappa shape index (κ3) is 3.96. The van der Waals surface area contributed by atoms with Gasteiger partial charge in [0.05, 0.1) is 30.8 Å². The van der Waals surface area contributed by atoms with Crippen molar-refractivity contribution in [2.45, 2.75) is 11.3 Å². The molecule has 0 spiro atoms. The summed E-state index contributed by atoms with van der Waals surface area (Å²) in [6.07, 6.45) is 2.74. The highest BCUT2D eigenvalue weighted by Gasteiger charge is 2.15. The summed E-state index contributed by atoms with van der Waals surface area (Å²) in [6.45, 7) is 0. The molecule has 0 saturated carbocycles. The Morgan fingerprint density at radius 2 is 1.95 bits per heavy atom. The molecule has 0 aliphatic rings. The van der Waals surface area contributed by atoms with Gasteiger partial charge in [-0.3, -0.25) is 4.79 Å². The minimum absolute atomic E-state index is 0.0311. The van der Waals surface area contributed by atoms with Crippen LogP contribution in [0.4, 0.5) is 5.95 Å². The van der Waals surface area contributed by atoms with Crippen LogP contribution in [0.3, 0.4) is 0 Å². The van der Waals surface area contributed by atoms with Crippen molar-refractivity contribution in [2.24, 2.45) is 0 Å². The first kappa shape index (κ1) is 14.9. The molecular formula is C12H12N4O4S. The van der Waals surface area contributed by atoms with Gasteiger partial charge in [0, 0.05) is 0 Å². The van der Waals surface area contributed by atoms with Crippen molar-refractivity contribution < 1.29 is 17.9 Å². The van der Waals surface area contributed by atoms with Crippen LogP contribution in [0.5, 0.6) is 0 Å². The van der Waals surface area contributed by atoms with Crippen LogP contribution in [0.1, 0.15) is 5.56 Å². The number of carbonyl (C=O) groups excluding carboxylic acids is 1. The SMILES string of the molecule is COC(=O)Cc1ccc(S(=O)(=O)Nc2nccnn2)cc1. The highest BCUT2D eigenvalue weighted by Crippen LogP contribution is 2.14. The first-order chi connectivity index (χ1) is 10.0. The van der Waals surface area contributed by atoms with E-state index in [0.29, 0.717) is 5.56 Å². The molecule has 1 heterocycles. The second-order valence-electron chi connectivity index (χ2n) is 3.97. The van der Waals surface area contributed by atoms with E-state index in [9.17, 15) is 13.2 Å². The van der Waals surface area contributed by atoms with E-state index in [-0.39, 0.29) is 17.3 Å². The van der Waals surface area contributed by atoms with Crippen LogP contribution >= 0.6 is 0 Å². The number of nitrogens with zero attached hydrogens (tertiary/aromatic N) is 3. The second kappa shape index (κ2) is 6.27. The number of hydrogen-bond donors (Lipinski definition) is 1. The molecular weight excluding hydrogens is 296 g/mol. The van der Waals surface area contributed by atoms with Crippen molar-refractivity contribution in [1.29, 1.82) is 0 Å². The lowest BCUT2D eigenvalue weighted by atomic mass is 10.2. The molecule has 21 heavy (non-hydrogen) atoms. The average Bonchev–Trinajstić information content (AvgIpc) is 2.48. The number of aromatic nitrogens is 3. The number of carbonyl (C=O) groups is 1. The monoisotopic (exact) mass is 308 g/mol. The summed E-state index contributed by atoms with van der Waals surface area (Å²) in [6, 6.07) is 5.85. The first-order valence-electron chi connectivity index (χ1n) is 5.83. The summed E-state index contributed by atoms with van der Waals surface area (Å²) < 4.78 is 30.9. The molecule has 0 atom stereocenters. The summed E-state index contributed by atoms with van der Waals surface area (Å²) in [5, 5.41) is 7.07. The van der Waals surface area contributed by atoms with Crippen molar-refractivity contribution in [1.82, 2.24) is 15.2 Å². The fourth-order valence-electron chi connectivity index (χ4n) is 1.50. The van der Waals surface area contributed by atoms with Gasteiger partial charge in [-0.15, -0.1) is 5.10 Å². The summed E-state index contributed by atoms with van der Waals surface area (Å²) in [5.74, 6) is -0.511. The molecule has 0 fully saturated rings. The van der Waals surface area contributed by atoms with Crippen molar-refractivity contribution >= 4 is 21.9 Å². The van der Waals surface area contributed by atoms with Gasteiger partial charge < -0.3 is 4.74 Å². The highest BCUT2D eigenvalue weighted by atomic mass is 32.2. The molecule has 0 aliphatic heterocycles. The van der Waals surface area contributed by atoms with Crippen molar-refractivity contribution in [2.75, 3.05) is 11.8 Å². The molecule has 110 valence electrons. The number of sulfonamides is 1.